The van der Waals surface area contributed by atoms with Crippen LogP contribution in [0.5, 0.6) is 0 Å². The fraction of sp³-hybridized carbons (Fsp3) is 0.351. The molecule has 1 N–H and O–H groups in total. The fourth-order valence-electron chi connectivity index (χ4n) is 6.77. The van der Waals surface area contributed by atoms with Gasteiger partial charge in [0.05, 0.1) is 0 Å². The third-order valence-electron chi connectivity index (χ3n) is 9.29. The van der Waals surface area contributed by atoms with Crippen LogP contribution >= 0.6 is 0 Å². The Balaban J connectivity index is 1.07. The van der Waals surface area contributed by atoms with Crippen LogP contribution in [0.4, 0.5) is 0 Å². The van der Waals surface area contributed by atoms with Crippen molar-refractivity contribution in [3.05, 3.63) is 95.1 Å². The van der Waals surface area contributed by atoms with E-state index in [2.05, 4.69) is 29.0 Å². The molecule has 0 saturated carbocycles. The molecule has 2 aliphatic rings. The van der Waals surface area contributed by atoms with E-state index in [0.717, 1.165) is 54.1 Å². The Bertz CT molecular complexity index is 1720. The van der Waals surface area contributed by atoms with Crippen LogP contribution in [0.1, 0.15) is 61.7 Å². The number of rotatable bonds is 14. The van der Waals surface area contributed by atoms with Gasteiger partial charge in [-0.3, -0.25) is 33.9 Å². The highest BCUT2D eigenvalue weighted by Gasteiger charge is 2.34. The van der Waals surface area contributed by atoms with Crippen molar-refractivity contribution in [1.29, 1.82) is 0 Å². The van der Waals surface area contributed by atoms with Gasteiger partial charge in [-0.05, 0) is 75.4 Å². The van der Waals surface area contributed by atoms with Crippen LogP contribution in [0, 0.1) is 0 Å². The summed E-state index contributed by atoms with van der Waals surface area (Å²) < 4.78 is 0. The van der Waals surface area contributed by atoms with E-state index in [1.807, 2.05) is 55.6 Å². The minimum absolute atomic E-state index is 0.225. The molecule has 9 nitrogen and oxygen atoms in total. The molecule has 4 amide bonds. The maximum atomic E-state index is 13.4. The van der Waals surface area contributed by atoms with Crippen LogP contribution in [-0.4, -0.2) is 109 Å². The summed E-state index contributed by atoms with van der Waals surface area (Å²) in [5, 5.41) is 6.50. The number of imide groups is 2. The summed E-state index contributed by atoms with van der Waals surface area (Å²) in [5.41, 5.74) is 2.31. The molecule has 6 rings (SSSR count). The molecule has 0 fully saturated rings. The van der Waals surface area contributed by atoms with E-state index in [9.17, 15) is 19.2 Å². The minimum Gasteiger partial charge on any atom is -0.318 e. The number of benzene rings is 4. The molecule has 0 aliphatic carbocycles. The van der Waals surface area contributed by atoms with Gasteiger partial charge < -0.3 is 10.2 Å². The third kappa shape index (κ3) is 5.93. The summed E-state index contributed by atoms with van der Waals surface area (Å²) in [7, 11) is 1.91. The van der Waals surface area contributed by atoms with Gasteiger partial charge in [0.15, 0.2) is 0 Å². The topological polar surface area (TPSA) is 93.3 Å². The largest absolute Gasteiger partial charge is 0.318 e. The highest BCUT2D eigenvalue weighted by Crippen LogP contribution is 2.31. The fourth-order valence-corrected chi connectivity index (χ4v) is 6.77. The lowest BCUT2D eigenvalue weighted by Gasteiger charge is -2.33. The molecule has 9 heteroatoms. The third-order valence-corrected chi connectivity index (χ3v) is 9.29. The zero-order valence-electron chi connectivity index (χ0n) is 26.8. The Morgan fingerprint density at radius 3 is 1.43 bits per heavy atom. The van der Waals surface area contributed by atoms with Crippen LogP contribution < -0.4 is 5.32 Å². The summed E-state index contributed by atoms with van der Waals surface area (Å²) in [5.74, 6) is -0.960. The molecule has 0 atom stereocenters. The molecule has 0 spiro atoms. The predicted molar refractivity (Wildman–Crippen MR) is 180 cm³/mol. The number of hydrogen-bond donors (Lipinski definition) is 1. The van der Waals surface area contributed by atoms with Gasteiger partial charge in [0.25, 0.3) is 23.6 Å². The maximum absolute atomic E-state index is 13.4. The molecule has 46 heavy (non-hydrogen) atoms. The van der Waals surface area contributed by atoms with Gasteiger partial charge in [-0.2, -0.15) is 0 Å². The van der Waals surface area contributed by atoms with Crippen LogP contribution in [0.2, 0.25) is 0 Å². The number of nitrogens with zero attached hydrogens (tertiary/aromatic N) is 4. The molecule has 2 aliphatic heterocycles. The van der Waals surface area contributed by atoms with E-state index in [-0.39, 0.29) is 29.7 Å². The first kappa shape index (κ1) is 31.5. The van der Waals surface area contributed by atoms with Crippen LogP contribution in [0.3, 0.4) is 0 Å². The summed E-state index contributed by atoms with van der Waals surface area (Å²) in [6.07, 6.45) is 0.857. The Morgan fingerprint density at radius 2 is 1.02 bits per heavy atom. The Kier molecular flexibility index (Phi) is 9.26. The lowest BCUT2D eigenvalue weighted by atomic mass is 9.94. The molecule has 0 aromatic heterocycles. The van der Waals surface area contributed by atoms with Crippen molar-refractivity contribution < 1.29 is 19.2 Å². The molecule has 0 saturated heterocycles. The van der Waals surface area contributed by atoms with Crippen molar-refractivity contribution in [1.82, 2.24) is 24.9 Å². The molecule has 0 bridgehead atoms. The van der Waals surface area contributed by atoms with E-state index in [4.69, 9.17) is 0 Å². The van der Waals surface area contributed by atoms with Crippen molar-refractivity contribution in [2.45, 2.75) is 26.3 Å². The first-order chi connectivity index (χ1) is 22.3. The van der Waals surface area contributed by atoms with Crippen molar-refractivity contribution in [3.8, 4) is 0 Å². The van der Waals surface area contributed by atoms with E-state index < -0.39 is 0 Å². The molecule has 238 valence electrons. The van der Waals surface area contributed by atoms with Crippen molar-refractivity contribution in [3.63, 3.8) is 0 Å². The number of hydrogen-bond acceptors (Lipinski definition) is 7. The first-order valence-corrected chi connectivity index (χ1v) is 16.2. The molecule has 4 aromatic rings. The smallest absolute Gasteiger partial charge is 0.261 e. The molecular weight excluding hydrogens is 578 g/mol. The van der Waals surface area contributed by atoms with Crippen molar-refractivity contribution >= 4 is 45.2 Å². The Labute approximate surface area is 269 Å². The lowest BCUT2D eigenvalue weighted by Crippen LogP contribution is -2.47. The van der Waals surface area contributed by atoms with Crippen molar-refractivity contribution in [2.75, 3.05) is 59.4 Å². The molecule has 2 heterocycles. The normalized spacial score (nSPS) is 14.7. The summed E-state index contributed by atoms with van der Waals surface area (Å²) in [4.78, 5) is 60.9. The zero-order valence-corrected chi connectivity index (χ0v) is 26.8. The standard InChI is InChI=1S/C37H41N5O4/c1-25(2)40(22-24-42-36(45)30-15-6-11-27-12-7-16-31(33(27)30)37(42)46)19-8-18-39(20-17-38-3)21-23-41-34(43)28-13-4-9-26-10-5-14-29(32(26)28)35(41)44/h4-7,9-16,25,38H,8,17-24H2,1-3H3. The van der Waals surface area contributed by atoms with E-state index in [1.54, 1.807) is 24.3 Å². The second-order valence-corrected chi connectivity index (χ2v) is 12.4. The number of likely N-dealkylation sites (N-methyl/N-ethyl adjacent to an activating group) is 1. The summed E-state index contributed by atoms with van der Waals surface area (Å²) >= 11 is 0. The zero-order chi connectivity index (χ0) is 32.4. The Hall–Kier alpha value is -4.44. The van der Waals surface area contributed by atoms with Gasteiger partial charge in [-0.25, -0.2) is 0 Å². The highest BCUT2D eigenvalue weighted by molar-refractivity contribution is 6.26. The monoisotopic (exact) mass is 619 g/mol. The van der Waals surface area contributed by atoms with Crippen LogP contribution in [0.15, 0.2) is 72.8 Å². The molecule has 4 aromatic carbocycles. The number of carbonyl (C=O) groups is 4. The average molecular weight is 620 g/mol. The molecule has 0 radical (unpaired) electrons. The number of carbonyl (C=O) groups excluding carboxylic acids is 4. The van der Waals surface area contributed by atoms with Crippen LogP contribution in [0.25, 0.3) is 21.5 Å². The van der Waals surface area contributed by atoms with Crippen LogP contribution in [-0.2, 0) is 0 Å². The Morgan fingerprint density at radius 1 is 0.587 bits per heavy atom. The minimum atomic E-state index is -0.241. The number of nitrogens with one attached hydrogen (secondary N) is 1. The molecular formula is C37H41N5O4. The first-order valence-electron chi connectivity index (χ1n) is 16.2. The summed E-state index contributed by atoms with van der Waals surface area (Å²) in [6, 6.07) is 22.6. The van der Waals surface area contributed by atoms with Gasteiger partial charge in [0.1, 0.15) is 0 Å². The number of amides is 4. The van der Waals surface area contributed by atoms with E-state index >= 15 is 0 Å². The summed E-state index contributed by atoms with van der Waals surface area (Å²) in [6.45, 7) is 9.16. The van der Waals surface area contributed by atoms with Gasteiger partial charge in [0.2, 0.25) is 0 Å². The van der Waals surface area contributed by atoms with E-state index in [1.165, 1.54) is 9.80 Å². The van der Waals surface area contributed by atoms with Gasteiger partial charge in [0, 0.05) is 78.3 Å². The van der Waals surface area contributed by atoms with E-state index in [0.29, 0.717) is 48.4 Å². The SMILES string of the molecule is CNCCN(CCCN(CCN1C(=O)c2cccc3cccc(c23)C1=O)C(C)C)CCN1C(=O)c2cccc3cccc(c23)C1=O. The van der Waals surface area contributed by atoms with Gasteiger partial charge in [-0.15, -0.1) is 0 Å². The molecule has 0 unspecified atom stereocenters. The highest BCUT2D eigenvalue weighted by atomic mass is 16.2. The van der Waals surface area contributed by atoms with Gasteiger partial charge >= 0.3 is 0 Å². The second kappa shape index (κ2) is 13.5. The lowest BCUT2D eigenvalue weighted by molar-refractivity contribution is 0.0578. The second-order valence-electron chi connectivity index (χ2n) is 12.4. The maximum Gasteiger partial charge on any atom is 0.261 e. The van der Waals surface area contributed by atoms with Crippen molar-refractivity contribution in [2.24, 2.45) is 0 Å². The average Bonchev–Trinajstić information content (AvgIpc) is 3.06. The van der Waals surface area contributed by atoms with Gasteiger partial charge in [-0.1, -0.05) is 48.5 Å². The quantitative estimate of drug-likeness (QED) is 0.208. The predicted octanol–water partition coefficient (Wildman–Crippen LogP) is 4.51.